The summed E-state index contributed by atoms with van der Waals surface area (Å²) in [4.78, 5) is 19.9. The van der Waals surface area contributed by atoms with Gasteiger partial charge in [0.25, 0.3) is 5.56 Å². The third-order valence-electron chi connectivity index (χ3n) is 4.47. The van der Waals surface area contributed by atoms with E-state index in [4.69, 9.17) is 18.5 Å². The van der Waals surface area contributed by atoms with Crippen molar-refractivity contribution < 1.29 is 23.1 Å². The highest BCUT2D eigenvalue weighted by Gasteiger charge is 2.24. The summed E-state index contributed by atoms with van der Waals surface area (Å²) in [7, 11) is -0.146. The summed E-state index contributed by atoms with van der Waals surface area (Å²) in [6.07, 6.45) is 0.174. The quantitative estimate of drug-likeness (QED) is 0.501. The van der Waals surface area contributed by atoms with Crippen molar-refractivity contribution in [2.24, 2.45) is 0 Å². The number of benzene rings is 2. The standard InChI is InChI=1S/C21H25N2O6P/c1-5-28-30(25,29-6-2)13-14-7-9-15(10-8-14)20-22-17-12-19(27-4)18(26-3)11-16(17)21(24)23-20/h7-12H,5-6,13H2,1-4H3,(H,22,23,24). The molecule has 0 unspecified atom stereocenters. The molecule has 3 aromatic rings. The molecule has 30 heavy (non-hydrogen) atoms. The summed E-state index contributed by atoms with van der Waals surface area (Å²) in [6, 6.07) is 10.5. The van der Waals surface area contributed by atoms with Crippen molar-refractivity contribution in [2.45, 2.75) is 20.0 Å². The van der Waals surface area contributed by atoms with E-state index in [0.717, 1.165) is 11.1 Å². The molecule has 0 aliphatic rings. The van der Waals surface area contributed by atoms with Crippen LogP contribution in [0, 0.1) is 0 Å². The second-order valence-electron chi connectivity index (χ2n) is 6.44. The topological polar surface area (TPSA) is 99.7 Å². The third kappa shape index (κ3) is 4.73. The maximum atomic E-state index is 12.7. The second kappa shape index (κ2) is 9.43. The van der Waals surface area contributed by atoms with Crippen molar-refractivity contribution in [3.05, 3.63) is 52.3 Å². The summed E-state index contributed by atoms with van der Waals surface area (Å²) in [5, 5.41) is 0.405. The summed E-state index contributed by atoms with van der Waals surface area (Å²) in [5.74, 6) is 1.37. The largest absolute Gasteiger partial charge is 0.493 e. The first-order valence-corrected chi connectivity index (χ1v) is 11.3. The van der Waals surface area contributed by atoms with Crippen molar-refractivity contribution >= 4 is 18.5 Å². The molecular formula is C21H25N2O6P. The minimum absolute atomic E-state index is 0.174. The summed E-state index contributed by atoms with van der Waals surface area (Å²) >= 11 is 0. The molecule has 0 saturated heterocycles. The molecule has 0 amide bonds. The maximum Gasteiger partial charge on any atom is 0.335 e. The Balaban J connectivity index is 1.94. The van der Waals surface area contributed by atoms with Crippen LogP contribution in [0.25, 0.3) is 22.3 Å². The van der Waals surface area contributed by atoms with Crippen LogP contribution in [0.3, 0.4) is 0 Å². The van der Waals surface area contributed by atoms with E-state index in [1.807, 2.05) is 24.3 Å². The summed E-state index contributed by atoms with van der Waals surface area (Å²) < 4.78 is 34.0. The number of nitrogens with one attached hydrogen (secondary N) is 1. The number of aromatic amines is 1. The van der Waals surface area contributed by atoms with Crippen LogP contribution in [0.15, 0.2) is 41.2 Å². The number of nitrogens with zero attached hydrogens (tertiary/aromatic N) is 1. The SMILES string of the molecule is CCOP(=O)(Cc1ccc(-c2nc3cc(OC)c(OC)cc3c(=O)[nH]2)cc1)OCC. The first kappa shape index (κ1) is 22.0. The minimum atomic E-state index is -3.18. The van der Waals surface area contributed by atoms with Crippen molar-refractivity contribution in [2.75, 3.05) is 27.4 Å². The highest BCUT2D eigenvalue weighted by Crippen LogP contribution is 2.51. The van der Waals surface area contributed by atoms with Gasteiger partial charge in [-0.3, -0.25) is 9.36 Å². The molecule has 1 N–H and O–H groups in total. The Kier molecular flexibility index (Phi) is 6.92. The maximum absolute atomic E-state index is 12.7. The molecular weight excluding hydrogens is 407 g/mol. The lowest BCUT2D eigenvalue weighted by molar-refractivity contribution is 0.219. The molecule has 0 saturated carbocycles. The van der Waals surface area contributed by atoms with Crippen molar-refractivity contribution in [1.82, 2.24) is 9.97 Å². The van der Waals surface area contributed by atoms with E-state index in [2.05, 4.69) is 9.97 Å². The van der Waals surface area contributed by atoms with E-state index in [1.54, 1.807) is 26.0 Å². The smallest absolute Gasteiger partial charge is 0.335 e. The van der Waals surface area contributed by atoms with E-state index in [9.17, 15) is 9.36 Å². The van der Waals surface area contributed by atoms with Gasteiger partial charge in [0.1, 0.15) is 5.82 Å². The summed E-state index contributed by atoms with van der Waals surface area (Å²) in [6.45, 7) is 4.18. The second-order valence-corrected chi connectivity index (χ2v) is 8.49. The zero-order chi connectivity index (χ0) is 21.7. The molecule has 0 atom stereocenters. The van der Waals surface area contributed by atoms with Gasteiger partial charge in [0.15, 0.2) is 11.5 Å². The molecule has 8 nitrogen and oxygen atoms in total. The number of ether oxygens (including phenoxy) is 2. The van der Waals surface area contributed by atoms with Gasteiger partial charge in [0, 0.05) is 11.6 Å². The Bertz CT molecular complexity index is 1120. The van der Waals surface area contributed by atoms with Crippen LogP contribution in [0.1, 0.15) is 19.4 Å². The normalized spacial score (nSPS) is 11.6. The number of rotatable bonds is 9. The predicted molar refractivity (Wildman–Crippen MR) is 115 cm³/mol. The Labute approximate surface area is 174 Å². The lowest BCUT2D eigenvalue weighted by Gasteiger charge is -2.17. The highest BCUT2D eigenvalue weighted by molar-refractivity contribution is 7.53. The van der Waals surface area contributed by atoms with Crippen LogP contribution in [-0.2, 0) is 19.8 Å². The first-order chi connectivity index (χ1) is 14.4. The number of aromatic nitrogens is 2. The van der Waals surface area contributed by atoms with Crippen molar-refractivity contribution in [3.63, 3.8) is 0 Å². The Hall–Kier alpha value is -2.67. The van der Waals surface area contributed by atoms with E-state index in [1.165, 1.54) is 14.2 Å². The van der Waals surface area contributed by atoms with Gasteiger partial charge in [-0.25, -0.2) is 4.98 Å². The number of hydrogen-bond acceptors (Lipinski definition) is 7. The van der Waals surface area contributed by atoms with Gasteiger partial charge in [-0.1, -0.05) is 24.3 Å². The fraction of sp³-hybridized carbons (Fsp3) is 0.333. The minimum Gasteiger partial charge on any atom is -0.493 e. The van der Waals surface area contributed by atoms with E-state index >= 15 is 0 Å². The van der Waals surface area contributed by atoms with Gasteiger partial charge in [0.05, 0.1) is 44.5 Å². The number of H-pyrrole nitrogens is 1. The fourth-order valence-corrected chi connectivity index (χ4v) is 4.82. The first-order valence-electron chi connectivity index (χ1n) is 9.56. The van der Waals surface area contributed by atoms with Gasteiger partial charge in [-0.15, -0.1) is 0 Å². The fourth-order valence-electron chi connectivity index (χ4n) is 3.12. The molecule has 0 aliphatic heterocycles. The van der Waals surface area contributed by atoms with Crippen LogP contribution in [0.5, 0.6) is 11.5 Å². The van der Waals surface area contributed by atoms with Gasteiger partial charge < -0.3 is 23.5 Å². The lowest BCUT2D eigenvalue weighted by atomic mass is 10.1. The zero-order valence-electron chi connectivity index (χ0n) is 17.4. The molecule has 1 aromatic heterocycles. The third-order valence-corrected chi connectivity index (χ3v) is 6.52. The van der Waals surface area contributed by atoms with Gasteiger partial charge in [-0.05, 0) is 25.5 Å². The van der Waals surface area contributed by atoms with Crippen LogP contribution >= 0.6 is 7.60 Å². The average molecular weight is 432 g/mol. The average Bonchev–Trinajstić information content (AvgIpc) is 2.73. The van der Waals surface area contributed by atoms with E-state index < -0.39 is 7.60 Å². The Morgan fingerprint density at radius 3 is 2.13 bits per heavy atom. The molecule has 1 heterocycles. The molecule has 3 rings (SSSR count). The molecule has 2 aromatic carbocycles. The molecule has 9 heteroatoms. The van der Waals surface area contributed by atoms with Crippen molar-refractivity contribution in [1.29, 1.82) is 0 Å². The highest BCUT2D eigenvalue weighted by atomic mass is 31.2. The molecule has 160 valence electrons. The van der Waals surface area contributed by atoms with E-state index in [-0.39, 0.29) is 11.7 Å². The Morgan fingerprint density at radius 2 is 1.57 bits per heavy atom. The van der Waals surface area contributed by atoms with Crippen LogP contribution in [-0.4, -0.2) is 37.4 Å². The van der Waals surface area contributed by atoms with Gasteiger partial charge >= 0.3 is 7.60 Å². The van der Waals surface area contributed by atoms with Crippen LogP contribution < -0.4 is 15.0 Å². The van der Waals surface area contributed by atoms with Crippen LogP contribution in [0.2, 0.25) is 0 Å². The molecule has 0 bridgehead atoms. The molecule has 0 aliphatic carbocycles. The number of methoxy groups -OCH3 is 2. The predicted octanol–water partition coefficient (Wildman–Crippen LogP) is 4.37. The summed E-state index contributed by atoms with van der Waals surface area (Å²) in [5.41, 5.74) is 1.73. The number of fused-ring (bicyclic) bond motifs is 1. The molecule has 0 spiro atoms. The van der Waals surface area contributed by atoms with Crippen LogP contribution in [0.4, 0.5) is 0 Å². The number of hydrogen-bond donors (Lipinski definition) is 1. The van der Waals surface area contributed by atoms with Gasteiger partial charge in [0.2, 0.25) is 0 Å². The van der Waals surface area contributed by atoms with Crippen molar-refractivity contribution in [3.8, 4) is 22.9 Å². The van der Waals surface area contributed by atoms with Gasteiger partial charge in [-0.2, -0.15) is 0 Å². The lowest BCUT2D eigenvalue weighted by Crippen LogP contribution is -2.10. The monoisotopic (exact) mass is 432 g/mol. The zero-order valence-corrected chi connectivity index (χ0v) is 18.3. The Morgan fingerprint density at radius 1 is 0.967 bits per heavy atom. The molecule has 0 fully saturated rings. The van der Waals surface area contributed by atoms with E-state index in [0.29, 0.717) is 41.4 Å². The molecule has 0 radical (unpaired) electrons.